The van der Waals surface area contributed by atoms with Gasteiger partial charge in [-0.1, -0.05) is 19.1 Å². The summed E-state index contributed by atoms with van der Waals surface area (Å²) in [7, 11) is 4.06. The SMILES string of the molecule is CC1CCC(C(O)c2ccc(F)cc2)(N(C)C)CC1. The van der Waals surface area contributed by atoms with Gasteiger partial charge in [-0.15, -0.1) is 0 Å². The fourth-order valence-corrected chi connectivity index (χ4v) is 3.18. The Kier molecular flexibility index (Phi) is 4.26. The highest BCUT2D eigenvalue weighted by molar-refractivity contribution is 5.22. The van der Waals surface area contributed by atoms with E-state index < -0.39 is 6.10 Å². The molecule has 19 heavy (non-hydrogen) atoms. The molecular weight excluding hydrogens is 241 g/mol. The van der Waals surface area contributed by atoms with Crippen molar-refractivity contribution in [3.05, 3.63) is 35.6 Å². The molecule has 1 N–H and O–H groups in total. The highest BCUT2D eigenvalue weighted by Gasteiger charge is 2.42. The number of likely N-dealkylation sites (N-methyl/N-ethyl adjacent to an activating group) is 1. The summed E-state index contributed by atoms with van der Waals surface area (Å²) < 4.78 is 13.0. The van der Waals surface area contributed by atoms with Crippen molar-refractivity contribution in [3.8, 4) is 0 Å². The van der Waals surface area contributed by atoms with Crippen molar-refractivity contribution in [2.45, 2.75) is 44.2 Å². The van der Waals surface area contributed by atoms with Gasteiger partial charge in [0.05, 0.1) is 11.6 Å². The molecule has 1 aliphatic carbocycles. The minimum atomic E-state index is -0.560. The van der Waals surface area contributed by atoms with Gasteiger partial charge in [0.1, 0.15) is 5.82 Å². The number of halogens is 1. The lowest BCUT2D eigenvalue weighted by Gasteiger charge is -2.47. The monoisotopic (exact) mass is 265 g/mol. The first-order chi connectivity index (χ1) is 8.95. The number of hydrogen-bond donors (Lipinski definition) is 1. The van der Waals surface area contributed by atoms with Gasteiger partial charge in [-0.2, -0.15) is 0 Å². The quantitative estimate of drug-likeness (QED) is 0.905. The Morgan fingerprint density at radius 2 is 1.74 bits per heavy atom. The normalized spacial score (nSPS) is 29.5. The topological polar surface area (TPSA) is 23.5 Å². The second-order valence-corrected chi connectivity index (χ2v) is 6.13. The van der Waals surface area contributed by atoms with E-state index in [1.807, 2.05) is 14.1 Å². The second kappa shape index (κ2) is 5.59. The Hall–Kier alpha value is -0.930. The van der Waals surface area contributed by atoms with Gasteiger partial charge < -0.3 is 10.0 Å². The maximum atomic E-state index is 13.0. The third-order valence-corrected chi connectivity index (χ3v) is 4.73. The number of aliphatic hydroxyl groups excluding tert-OH is 1. The van der Waals surface area contributed by atoms with E-state index >= 15 is 0 Å². The summed E-state index contributed by atoms with van der Waals surface area (Å²) in [4.78, 5) is 2.15. The molecule has 1 atom stereocenters. The van der Waals surface area contributed by atoms with E-state index in [0.29, 0.717) is 0 Å². The predicted molar refractivity (Wildman–Crippen MR) is 75.4 cm³/mol. The number of benzene rings is 1. The molecule has 1 aromatic rings. The van der Waals surface area contributed by atoms with Crippen molar-refractivity contribution < 1.29 is 9.50 Å². The van der Waals surface area contributed by atoms with Crippen LogP contribution in [0.5, 0.6) is 0 Å². The molecule has 0 saturated heterocycles. The first-order valence-electron chi connectivity index (χ1n) is 7.06. The molecule has 2 rings (SSSR count). The van der Waals surface area contributed by atoms with Crippen LogP contribution in [0.3, 0.4) is 0 Å². The molecule has 1 aliphatic rings. The molecule has 1 aromatic carbocycles. The molecule has 106 valence electrons. The average molecular weight is 265 g/mol. The van der Waals surface area contributed by atoms with Gasteiger partial charge in [0.25, 0.3) is 0 Å². The van der Waals surface area contributed by atoms with Crippen LogP contribution in [0.25, 0.3) is 0 Å². The highest BCUT2D eigenvalue weighted by Crippen LogP contribution is 2.43. The second-order valence-electron chi connectivity index (χ2n) is 6.13. The van der Waals surface area contributed by atoms with E-state index in [0.717, 1.165) is 37.2 Å². The summed E-state index contributed by atoms with van der Waals surface area (Å²) in [5.74, 6) is 0.473. The van der Waals surface area contributed by atoms with Crippen LogP contribution < -0.4 is 0 Å². The fourth-order valence-electron chi connectivity index (χ4n) is 3.18. The van der Waals surface area contributed by atoms with Gasteiger partial charge in [0.15, 0.2) is 0 Å². The summed E-state index contributed by atoms with van der Waals surface area (Å²) in [5, 5.41) is 10.8. The van der Waals surface area contributed by atoms with E-state index in [4.69, 9.17) is 0 Å². The molecule has 0 aromatic heterocycles. The number of rotatable bonds is 3. The minimum Gasteiger partial charge on any atom is -0.386 e. The summed E-state index contributed by atoms with van der Waals surface area (Å²) in [5.41, 5.74) is 0.592. The van der Waals surface area contributed by atoms with Gasteiger partial charge in [-0.3, -0.25) is 0 Å². The Morgan fingerprint density at radius 1 is 1.21 bits per heavy atom. The van der Waals surface area contributed by atoms with Crippen LogP contribution in [-0.2, 0) is 0 Å². The molecular formula is C16H24FNO. The van der Waals surface area contributed by atoms with Crippen LogP contribution in [0.2, 0.25) is 0 Å². The molecule has 0 aliphatic heterocycles. The van der Waals surface area contributed by atoms with E-state index in [2.05, 4.69) is 11.8 Å². The number of aliphatic hydroxyl groups is 1. The zero-order valence-electron chi connectivity index (χ0n) is 12.1. The lowest BCUT2D eigenvalue weighted by atomic mass is 9.71. The summed E-state index contributed by atoms with van der Waals surface area (Å²) in [6.45, 7) is 2.27. The zero-order chi connectivity index (χ0) is 14.0. The van der Waals surface area contributed by atoms with Crippen molar-refractivity contribution in [2.75, 3.05) is 14.1 Å². The third kappa shape index (κ3) is 2.82. The highest BCUT2D eigenvalue weighted by atomic mass is 19.1. The third-order valence-electron chi connectivity index (χ3n) is 4.73. The van der Waals surface area contributed by atoms with E-state index in [9.17, 15) is 9.50 Å². The van der Waals surface area contributed by atoms with Gasteiger partial charge in [0, 0.05) is 0 Å². The van der Waals surface area contributed by atoms with Crippen molar-refractivity contribution in [1.29, 1.82) is 0 Å². The minimum absolute atomic E-state index is 0.218. The molecule has 1 unspecified atom stereocenters. The van der Waals surface area contributed by atoms with Gasteiger partial charge in [-0.25, -0.2) is 4.39 Å². The smallest absolute Gasteiger partial charge is 0.123 e. The molecule has 3 heteroatoms. The molecule has 1 saturated carbocycles. The van der Waals surface area contributed by atoms with Crippen LogP contribution in [-0.4, -0.2) is 29.6 Å². The molecule has 1 fully saturated rings. The zero-order valence-corrected chi connectivity index (χ0v) is 12.1. The molecule has 0 heterocycles. The lowest BCUT2D eigenvalue weighted by Crippen LogP contribution is -2.51. The first-order valence-corrected chi connectivity index (χ1v) is 7.06. The Bertz CT molecular complexity index is 407. The Balaban J connectivity index is 2.26. The van der Waals surface area contributed by atoms with Crippen LogP contribution >= 0.6 is 0 Å². The summed E-state index contributed by atoms with van der Waals surface area (Å²) >= 11 is 0. The van der Waals surface area contributed by atoms with Crippen molar-refractivity contribution >= 4 is 0 Å². The van der Waals surface area contributed by atoms with E-state index in [1.54, 1.807) is 12.1 Å². The maximum absolute atomic E-state index is 13.0. The van der Waals surface area contributed by atoms with E-state index in [-0.39, 0.29) is 11.4 Å². The summed E-state index contributed by atoms with van der Waals surface area (Å²) in [6, 6.07) is 6.24. The average Bonchev–Trinajstić information content (AvgIpc) is 2.39. The van der Waals surface area contributed by atoms with Crippen molar-refractivity contribution in [3.63, 3.8) is 0 Å². The van der Waals surface area contributed by atoms with Crippen molar-refractivity contribution in [2.24, 2.45) is 5.92 Å². The largest absolute Gasteiger partial charge is 0.386 e. The van der Waals surface area contributed by atoms with Crippen LogP contribution in [0.15, 0.2) is 24.3 Å². The Morgan fingerprint density at radius 3 is 2.21 bits per heavy atom. The van der Waals surface area contributed by atoms with Gasteiger partial charge in [0.2, 0.25) is 0 Å². The number of hydrogen-bond acceptors (Lipinski definition) is 2. The molecule has 0 radical (unpaired) electrons. The maximum Gasteiger partial charge on any atom is 0.123 e. The van der Waals surface area contributed by atoms with E-state index in [1.165, 1.54) is 12.1 Å². The molecule has 0 amide bonds. The predicted octanol–water partition coefficient (Wildman–Crippen LogP) is 3.37. The van der Waals surface area contributed by atoms with Gasteiger partial charge in [-0.05, 0) is 63.4 Å². The molecule has 2 nitrogen and oxygen atoms in total. The van der Waals surface area contributed by atoms with Crippen molar-refractivity contribution in [1.82, 2.24) is 4.90 Å². The first kappa shape index (κ1) is 14.5. The lowest BCUT2D eigenvalue weighted by molar-refractivity contribution is -0.0408. The number of nitrogens with zero attached hydrogens (tertiary/aromatic N) is 1. The van der Waals surface area contributed by atoms with Gasteiger partial charge >= 0.3 is 0 Å². The molecule has 0 bridgehead atoms. The van der Waals surface area contributed by atoms with Crippen LogP contribution in [0.1, 0.15) is 44.3 Å². The summed E-state index contributed by atoms with van der Waals surface area (Å²) in [6.07, 6.45) is 3.68. The fraction of sp³-hybridized carbons (Fsp3) is 0.625. The Labute approximate surface area is 115 Å². The van der Waals surface area contributed by atoms with Crippen LogP contribution in [0, 0.1) is 11.7 Å². The standard InChI is InChI=1S/C16H24FNO/c1-12-8-10-16(11-9-12,18(2)3)15(19)13-4-6-14(17)7-5-13/h4-7,12,15,19H,8-11H2,1-3H3. The molecule has 0 spiro atoms. The van der Waals surface area contributed by atoms with Crippen LogP contribution in [0.4, 0.5) is 4.39 Å².